The van der Waals surface area contributed by atoms with Gasteiger partial charge in [0.1, 0.15) is 0 Å². The molecule has 0 bridgehead atoms. The molecule has 0 spiro atoms. The number of nitrogens with zero attached hydrogens (tertiary/aromatic N) is 1. The van der Waals surface area contributed by atoms with Crippen molar-refractivity contribution in [2.75, 3.05) is 5.33 Å². The van der Waals surface area contributed by atoms with Crippen molar-refractivity contribution in [1.29, 1.82) is 0 Å². The molecule has 12 heavy (non-hydrogen) atoms. The molecular weight excluding hydrogens is 218 g/mol. The lowest BCUT2D eigenvalue weighted by atomic mass is 9.89. The van der Waals surface area contributed by atoms with Crippen LogP contribution in [0.3, 0.4) is 0 Å². The van der Waals surface area contributed by atoms with Crippen molar-refractivity contribution in [3.63, 3.8) is 0 Å². The van der Waals surface area contributed by atoms with Gasteiger partial charge in [-0.1, -0.05) is 15.9 Å². The van der Waals surface area contributed by atoms with Crippen molar-refractivity contribution in [3.05, 3.63) is 5.21 Å². The molecule has 0 amide bonds. The Bertz CT molecular complexity index is 179. The largest absolute Gasteiger partial charge is 0.784 e. The zero-order valence-corrected chi connectivity index (χ0v) is 9.81. The lowest BCUT2D eigenvalue weighted by molar-refractivity contribution is 0.132. The predicted octanol–water partition coefficient (Wildman–Crippen LogP) is 2.76. The lowest BCUT2D eigenvalue weighted by Gasteiger charge is -2.47. The van der Waals surface area contributed by atoms with Crippen LogP contribution in [0.15, 0.2) is 0 Å². The summed E-state index contributed by atoms with van der Waals surface area (Å²) in [5, 5.41) is 14.0. The first-order valence-electron chi connectivity index (χ1n) is 4.36. The molecule has 1 unspecified atom stereocenters. The van der Waals surface area contributed by atoms with Crippen LogP contribution in [0.25, 0.3) is 0 Å². The molecule has 1 heterocycles. The number of hydrogen-bond acceptors (Lipinski definition) is 2. The second kappa shape index (κ2) is 2.96. The fourth-order valence-electron chi connectivity index (χ4n) is 2.12. The summed E-state index contributed by atoms with van der Waals surface area (Å²) in [6, 6.07) is 0. The van der Waals surface area contributed by atoms with E-state index in [1.165, 1.54) is 5.06 Å². The Hall–Kier alpha value is 0.400. The molecule has 1 rings (SSSR count). The van der Waals surface area contributed by atoms with E-state index in [1.807, 2.05) is 27.7 Å². The SMILES string of the molecule is CC1(C)CC(CBr)C(C)(C)N1[O-]. The molecule has 0 aromatic heterocycles. The minimum absolute atomic E-state index is 0.193. The summed E-state index contributed by atoms with van der Waals surface area (Å²) in [5.41, 5.74) is -0.408. The summed E-state index contributed by atoms with van der Waals surface area (Å²) in [6.45, 7) is 8.09. The van der Waals surface area contributed by atoms with Crippen LogP contribution >= 0.6 is 15.9 Å². The third-order valence-electron chi connectivity index (χ3n) is 3.00. The maximum Gasteiger partial charge on any atom is 0.00775 e. The van der Waals surface area contributed by atoms with Gasteiger partial charge >= 0.3 is 0 Å². The topological polar surface area (TPSA) is 26.3 Å². The first-order valence-corrected chi connectivity index (χ1v) is 5.48. The van der Waals surface area contributed by atoms with Crippen molar-refractivity contribution in [3.8, 4) is 0 Å². The monoisotopic (exact) mass is 234 g/mol. The predicted molar refractivity (Wildman–Crippen MR) is 55.3 cm³/mol. The number of rotatable bonds is 1. The van der Waals surface area contributed by atoms with E-state index in [9.17, 15) is 5.21 Å². The van der Waals surface area contributed by atoms with Crippen LogP contribution in [0.2, 0.25) is 0 Å². The van der Waals surface area contributed by atoms with Gasteiger partial charge < -0.3 is 10.3 Å². The van der Waals surface area contributed by atoms with Crippen molar-refractivity contribution in [2.24, 2.45) is 5.92 Å². The fraction of sp³-hybridized carbons (Fsp3) is 1.00. The molecule has 2 nitrogen and oxygen atoms in total. The fourth-order valence-corrected chi connectivity index (χ4v) is 3.15. The summed E-state index contributed by atoms with van der Waals surface area (Å²) >= 11 is 3.47. The van der Waals surface area contributed by atoms with Gasteiger partial charge in [0.25, 0.3) is 0 Å². The van der Waals surface area contributed by atoms with Gasteiger partial charge in [0.15, 0.2) is 0 Å². The Balaban J connectivity index is 2.88. The Morgan fingerprint density at radius 3 is 2.08 bits per heavy atom. The van der Waals surface area contributed by atoms with Crippen molar-refractivity contribution < 1.29 is 0 Å². The molecule has 0 radical (unpaired) electrons. The van der Waals surface area contributed by atoms with E-state index in [4.69, 9.17) is 0 Å². The van der Waals surface area contributed by atoms with Crippen LogP contribution in [0.1, 0.15) is 34.1 Å². The molecule has 0 saturated carbocycles. The van der Waals surface area contributed by atoms with Crippen molar-refractivity contribution in [1.82, 2.24) is 5.06 Å². The molecule has 3 heteroatoms. The van der Waals surface area contributed by atoms with E-state index in [-0.39, 0.29) is 11.1 Å². The molecule has 0 aliphatic carbocycles. The molecule has 72 valence electrons. The van der Waals surface area contributed by atoms with Crippen LogP contribution in [0.5, 0.6) is 0 Å². The van der Waals surface area contributed by atoms with Crippen LogP contribution < -0.4 is 0 Å². The van der Waals surface area contributed by atoms with Crippen LogP contribution in [-0.2, 0) is 0 Å². The Kier molecular flexibility index (Phi) is 2.59. The van der Waals surface area contributed by atoms with Crippen LogP contribution in [-0.4, -0.2) is 21.5 Å². The van der Waals surface area contributed by atoms with Gasteiger partial charge in [-0.2, -0.15) is 0 Å². The quantitative estimate of drug-likeness (QED) is 0.653. The van der Waals surface area contributed by atoms with Gasteiger partial charge in [-0.15, -0.1) is 0 Å². The Morgan fingerprint density at radius 1 is 1.42 bits per heavy atom. The van der Waals surface area contributed by atoms with E-state index in [2.05, 4.69) is 15.9 Å². The van der Waals surface area contributed by atoms with Gasteiger partial charge in [-0.05, 0) is 40.0 Å². The molecule has 1 aliphatic heterocycles. The first-order chi connectivity index (χ1) is 5.32. The molecule has 0 aromatic rings. The zero-order valence-electron chi connectivity index (χ0n) is 8.22. The van der Waals surface area contributed by atoms with E-state index in [0.29, 0.717) is 5.92 Å². The molecule has 0 aromatic carbocycles. The molecule has 0 N–H and O–H groups in total. The minimum Gasteiger partial charge on any atom is -0.784 e. The zero-order chi connectivity index (χ0) is 9.57. The lowest BCUT2D eigenvalue weighted by Crippen LogP contribution is -2.45. The number of alkyl halides is 1. The highest BCUT2D eigenvalue weighted by Crippen LogP contribution is 2.44. The highest BCUT2D eigenvalue weighted by molar-refractivity contribution is 9.09. The van der Waals surface area contributed by atoms with E-state index < -0.39 is 0 Å². The Morgan fingerprint density at radius 2 is 1.92 bits per heavy atom. The standard InChI is InChI=1S/C9H17BrNO/c1-8(2)5-7(6-10)9(3,4)11(8)12/h7H,5-6H2,1-4H3/q-1. The Labute approximate surface area is 83.0 Å². The van der Waals surface area contributed by atoms with Crippen molar-refractivity contribution >= 4 is 15.9 Å². The summed E-state index contributed by atoms with van der Waals surface area (Å²) in [7, 11) is 0. The first kappa shape index (κ1) is 10.5. The minimum atomic E-state index is -0.215. The van der Waals surface area contributed by atoms with E-state index >= 15 is 0 Å². The smallest absolute Gasteiger partial charge is 0.00775 e. The van der Waals surface area contributed by atoms with Crippen LogP contribution in [0.4, 0.5) is 0 Å². The van der Waals surface area contributed by atoms with Gasteiger partial charge in [0.2, 0.25) is 0 Å². The van der Waals surface area contributed by atoms with Crippen LogP contribution in [0, 0.1) is 11.1 Å². The summed E-state index contributed by atoms with van der Waals surface area (Å²) in [4.78, 5) is 0. The number of hydrogen-bond donors (Lipinski definition) is 0. The average Bonchev–Trinajstić information content (AvgIpc) is 2.11. The maximum absolute atomic E-state index is 11.8. The maximum atomic E-state index is 11.8. The third-order valence-corrected chi connectivity index (χ3v) is 3.79. The summed E-state index contributed by atoms with van der Waals surface area (Å²) in [6.07, 6.45) is 0.981. The second-order valence-corrected chi connectivity index (χ2v) is 5.46. The molecule has 1 aliphatic rings. The summed E-state index contributed by atoms with van der Waals surface area (Å²) in [5.74, 6) is 0.463. The second-order valence-electron chi connectivity index (χ2n) is 4.82. The van der Waals surface area contributed by atoms with Gasteiger partial charge in [0, 0.05) is 16.4 Å². The molecule has 1 saturated heterocycles. The van der Waals surface area contributed by atoms with Gasteiger partial charge in [-0.3, -0.25) is 0 Å². The molecule has 1 fully saturated rings. The highest BCUT2D eigenvalue weighted by Gasteiger charge is 2.45. The van der Waals surface area contributed by atoms with E-state index in [1.54, 1.807) is 0 Å². The van der Waals surface area contributed by atoms with Gasteiger partial charge in [0.05, 0.1) is 0 Å². The van der Waals surface area contributed by atoms with Gasteiger partial charge in [-0.25, -0.2) is 0 Å². The summed E-state index contributed by atoms with van der Waals surface area (Å²) < 4.78 is 0. The molecule has 1 atom stereocenters. The number of halogens is 1. The number of hydroxylamine groups is 2. The van der Waals surface area contributed by atoms with E-state index in [0.717, 1.165) is 11.8 Å². The average molecular weight is 235 g/mol. The molecular formula is C9H17BrNO-. The van der Waals surface area contributed by atoms with Crippen molar-refractivity contribution in [2.45, 2.75) is 45.2 Å². The normalized spacial score (nSPS) is 34.0. The highest BCUT2D eigenvalue weighted by atomic mass is 79.9. The third kappa shape index (κ3) is 1.42.